The van der Waals surface area contributed by atoms with E-state index in [9.17, 15) is 4.79 Å². The quantitative estimate of drug-likeness (QED) is 0.598. The van der Waals surface area contributed by atoms with Crippen LogP contribution in [0.25, 0.3) is 11.4 Å². The molecule has 29 heavy (non-hydrogen) atoms. The summed E-state index contributed by atoms with van der Waals surface area (Å²) in [5.41, 5.74) is 3.14. The Morgan fingerprint density at radius 3 is 2.48 bits per heavy atom. The van der Waals surface area contributed by atoms with Crippen molar-refractivity contribution in [3.63, 3.8) is 0 Å². The zero-order chi connectivity index (χ0) is 20.1. The van der Waals surface area contributed by atoms with Crippen LogP contribution in [0.5, 0.6) is 0 Å². The second kappa shape index (κ2) is 9.03. The summed E-state index contributed by atoms with van der Waals surface area (Å²) in [5.74, 6) is 1.19. The van der Waals surface area contributed by atoms with Crippen molar-refractivity contribution in [2.45, 2.75) is 58.0 Å². The normalized spacial score (nSPS) is 14.7. The summed E-state index contributed by atoms with van der Waals surface area (Å²) in [6.45, 7) is 2.42. The van der Waals surface area contributed by atoms with E-state index in [2.05, 4.69) is 10.1 Å². The molecule has 1 fully saturated rings. The summed E-state index contributed by atoms with van der Waals surface area (Å²) in [6.07, 6.45) is 6.06. The molecule has 1 saturated carbocycles. The van der Waals surface area contributed by atoms with E-state index in [4.69, 9.17) is 4.52 Å². The minimum atomic E-state index is 0.123. The van der Waals surface area contributed by atoms with Crippen molar-refractivity contribution in [2.75, 3.05) is 0 Å². The molecular weight excluding hydrogens is 362 g/mol. The number of rotatable bonds is 6. The van der Waals surface area contributed by atoms with Crippen molar-refractivity contribution < 1.29 is 9.32 Å². The predicted octanol–water partition coefficient (Wildman–Crippen LogP) is 4.95. The Bertz CT molecular complexity index is 928. The van der Waals surface area contributed by atoms with Gasteiger partial charge in [-0.25, -0.2) is 0 Å². The lowest BCUT2D eigenvalue weighted by Gasteiger charge is -2.33. The number of nitrogens with zero attached hydrogens (tertiary/aromatic N) is 3. The molecule has 5 heteroatoms. The topological polar surface area (TPSA) is 59.2 Å². The molecule has 2 aromatic carbocycles. The molecule has 0 spiro atoms. The molecule has 5 nitrogen and oxygen atoms in total. The number of benzene rings is 2. The molecule has 1 aliphatic carbocycles. The Morgan fingerprint density at radius 1 is 1.03 bits per heavy atom. The lowest BCUT2D eigenvalue weighted by atomic mass is 9.93. The number of amides is 1. The lowest BCUT2D eigenvalue weighted by molar-refractivity contribution is -0.134. The number of hydrogen-bond acceptors (Lipinski definition) is 4. The van der Waals surface area contributed by atoms with Crippen LogP contribution in [0.15, 0.2) is 59.1 Å². The smallest absolute Gasteiger partial charge is 0.246 e. The van der Waals surface area contributed by atoms with Crippen LogP contribution in [0.3, 0.4) is 0 Å². The van der Waals surface area contributed by atoms with Gasteiger partial charge in [0, 0.05) is 11.6 Å². The maximum Gasteiger partial charge on any atom is 0.246 e. The summed E-state index contributed by atoms with van der Waals surface area (Å²) in [5, 5.41) is 4.13. The largest absolute Gasteiger partial charge is 0.337 e. The molecule has 0 atom stereocenters. The Morgan fingerprint density at radius 2 is 1.76 bits per heavy atom. The molecular formula is C24H27N3O2. The highest BCUT2D eigenvalue weighted by Crippen LogP contribution is 2.25. The molecule has 0 saturated heterocycles. The van der Waals surface area contributed by atoms with Crippen LogP contribution in [0.4, 0.5) is 0 Å². The van der Waals surface area contributed by atoms with E-state index in [0.29, 0.717) is 24.7 Å². The Hall–Kier alpha value is -2.95. The average molecular weight is 389 g/mol. The average Bonchev–Trinajstić information content (AvgIpc) is 3.22. The standard InChI is InChI=1S/C24H27N3O2/c1-18-12-14-20(15-13-18)24-25-22(29-26-24)17-27(21-10-6-3-7-11-21)23(28)16-19-8-4-2-5-9-19/h2,4-5,8-9,12-15,21H,3,6-7,10-11,16-17H2,1H3. The van der Waals surface area contributed by atoms with Gasteiger partial charge in [-0.15, -0.1) is 0 Å². The van der Waals surface area contributed by atoms with Crippen LogP contribution in [0.2, 0.25) is 0 Å². The van der Waals surface area contributed by atoms with Crippen molar-refractivity contribution in [3.8, 4) is 11.4 Å². The predicted molar refractivity (Wildman–Crippen MR) is 112 cm³/mol. The first-order chi connectivity index (χ1) is 14.2. The molecule has 0 unspecified atom stereocenters. The molecule has 1 aliphatic rings. The van der Waals surface area contributed by atoms with E-state index in [1.165, 1.54) is 12.0 Å². The van der Waals surface area contributed by atoms with Crippen LogP contribution < -0.4 is 0 Å². The van der Waals surface area contributed by atoms with Gasteiger partial charge in [0.2, 0.25) is 17.6 Å². The summed E-state index contributed by atoms with van der Waals surface area (Å²) >= 11 is 0. The van der Waals surface area contributed by atoms with Gasteiger partial charge in [0.1, 0.15) is 6.54 Å². The molecule has 0 radical (unpaired) electrons. The SMILES string of the molecule is Cc1ccc(-c2noc(CN(C(=O)Cc3ccccc3)C3CCCCC3)n2)cc1. The highest BCUT2D eigenvalue weighted by Gasteiger charge is 2.27. The van der Waals surface area contributed by atoms with E-state index < -0.39 is 0 Å². The molecule has 0 bridgehead atoms. The van der Waals surface area contributed by atoms with Gasteiger partial charge in [0.15, 0.2) is 0 Å². The summed E-state index contributed by atoms with van der Waals surface area (Å²) < 4.78 is 5.52. The molecule has 0 N–H and O–H groups in total. The van der Waals surface area contributed by atoms with E-state index in [1.807, 2.05) is 66.4 Å². The fourth-order valence-corrected chi connectivity index (χ4v) is 3.97. The summed E-state index contributed by atoms with van der Waals surface area (Å²) in [7, 11) is 0. The van der Waals surface area contributed by atoms with Gasteiger partial charge in [-0.2, -0.15) is 4.98 Å². The van der Waals surface area contributed by atoms with Gasteiger partial charge < -0.3 is 9.42 Å². The van der Waals surface area contributed by atoms with Crippen LogP contribution in [-0.4, -0.2) is 27.0 Å². The third kappa shape index (κ3) is 4.91. The third-order valence-corrected chi connectivity index (χ3v) is 5.62. The summed E-state index contributed by atoms with van der Waals surface area (Å²) in [4.78, 5) is 19.7. The van der Waals surface area contributed by atoms with Crippen molar-refractivity contribution >= 4 is 5.91 Å². The molecule has 1 amide bonds. The minimum Gasteiger partial charge on any atom is -0.337 e. The fraction of sp³-hybridized carbons (Fsp3) is 0.375. The van der Waals surface area contributed by atoms with Crippen molar-refractivity contribution in [1.82, 2.24) is 15.0 Å². The van der Waals surface area contributed by atoms with Gasteiger partial charge in [-0.05, 0) is 25.3 Å². The molecule has 4 rings (SSSR count). The lowest BCUT2D eigenvalue weighted by Crippen LogP contribution is -2.41. The first-order valence-corrected chi connectivity index (χ1v) is 10.4. The third-order valence-electron chi connectivity index (χ3n) is 5.62. The van der Waals surface area contributed by atoms with Crippen molar-refractivity contribution in [2.24, 2.45) is 0 Å². The highest BCUT2D eigenvalue weighted by atomic mass is 16.5. The number of aryl methyl sites for hydroxylation is 1. The van der Waals surface area contributed by atoms with Gasteiger partial charge in [0.25, 0.3) is 0 Å². The van der Waals surface area contributed by atoms with E-state index in [-0.39, 0.29) is 11.9 Å². The minimum absolute atomic E-state index is 0.123. The Kier molecular flexibility index (Phi) is 6.03. The highest BCUT2D eigenvalue weighted by molar-refractivity contribution is 5.79. The molecule has 0 aliphatic heterocycles. The summed E-state index contributed by atoms with van der Waals surface area (Å²) in [6, 6.07) is 18.2. The van der Waals surface area contributed by atoms with E-state index >= 15 is 0 Å². The van der Waals surface area contributed by atoms with Crippen LogP contribution in [0.1, 0.15) is 49.1 Å². The number of hydrogen-bond donors (Lipinski definition) is 0. The van der Waals surface area contributed by atoms with Gasteiger partial charge in [-0.3, -0.25) is 4.79 Å². The first kappa shape index (κ1) is 19.4. The second-order valence-electron chi connectivity index (χ2n) is 7.85. The molecule has 1 heterocycles. The van der Waals surface area contributed by atoms with Gasteiger partial charge >= 0.3 is 0 Å². The van der Waals surface area contributed by atoms with Gasteiger partial charge in [-0.1, -0.05) is 84.6 Å². The molecule has 1 aromatic heterocycles. The Labute approximate surface area is 171 Å². The van der Waals surface area contributed by atoms with Gasteiger partial charge in [0.05, 0.1) is 6.42 Å². The maximum atomic E-state index is 13.2. The number of carbonyl (C=O) groups is 1. The zero-order valence-corrected chi connectivity index (χ0v) is 16.9. The van der Waals surface area contributed by atoms with Crippen molar-refractivity contribution in [3.05, 3.63) is 71.6 Å². The molecule has 150 valence electrons. The molecule has 3 aromatic rings. The fourth-order valence-electron chi connectivity index (χ4n) is 3.97. The number of aromatic nitrogens is 2. The number of carbonyl (C=O) groups excluding carboxylic acids is 1. The van der Waals surface area contributed by atoms with Crippen LogP contribution >= 0.6 is 0 Å². The first-order valence-electron chi connectivity index (χ1n) is 10.4. The van der Waals surface area contributed by atoms with E-state index in [1.54, 1.807) is 0 Å². The Balaban J connectivity index is 1.52. The van der Waals surface area contributed by atoms with Crippen LogP contribution in [-0.2, 0) is 17.8 Å². The second-order valence-corrected chi connectivity index (χ2v) is 7.85. The maximum absolute atomic E-state index is 13.2. The van der Waals surface area contributed by atoms with Crippen molar-refractivity contribution in [1.29, 1.82) is 0 Å². The van der Waals surface area contributed by atoms with E-state index in [0.717, 1.165) is 36.8 Å². The monoisotopic (exact) mass is 389 g/mol. The van der Waals surface area contributed by atoms with Crippen LogP contribution in [0, 0.1) is 6.92 Å². The zero-order valence-electron chi connectivity index (χ0n) is 16.9.